The Morgan fingerprint density at radius 3 is 2.33 bits per heavy atom. The second-order valence-electron chi connectivity index (χ2n) is 8.23. The van der Waals surface area contributed by atoms with E-state index >= 15 is 0 Å². The van der Waals surface area contributed by atoms with E-state index in [0.717, 1.165) is 18.8 Å². The Hall–Kier alpha value is -3.78. The van der Waals surface area contributed by atoms with Crippen LogP contribution in [-0.2, 0) is 35.6 Å². The SMILES string of the molecule is CC(=O)Nc1ccc(NC(=O)Cn2c(C)nc3c(c2=O)CN(Cc2ccccc2)CC3)cc1. The van der Waals surface area contributed by atoms with Crippen LogP contribution >= 0.6 is 0 Å². The smallest absolute Gasteiger partial charge is 0.258 e. The normalized spacial score (nSPS) is 13.3. The van der Waals surface area contributed by atoms with Crippen LogP contribution < -0.4 is 16.2 Å². The Morgan fingerprint density at radius 2 is 1.67 bits per heavy atom. The van der Waals surface area contributed by atoms with Gasteiger partial charge in [-0.05, 0) is 36.8 Å². The largest absolute Gasteiger partial charge is 0.326 e. The molecule has 1 aliphatic rings. The lowest BCUT2D eigenvalue weighted by molar-refractivity contribution is -0.117. The number of aryl methyl sites for hydroxylation is 1. The summed E-state index contributed by atoms with van der Waals surface area (Å²) in [5.74, 6) is 0.0569. The summed E-state index contributed by atoms with van der Waals surface area (Å²) in [6.07, 6.45) is 0.714. The molecule has 2 amide bonds. The lowest BCUT2D eigenvalue weighted by atomic mass is 10.1. The predicted octanol–water partition coefficient (Wildman–Crippen LogP) is 2.71. The molecule has 170 valence electrons. The first-order valence-corrected chi connectivity index (χ1v) is 10.9. The second-order valence-corrected chi connectivity index (χ2v) is 8.23. The van der Waals surface area contributed by atoms with Crippen LogP contribution in [-0.4, -0.2) is 32.8 Å². The van der Waals surface area contributed by atoms with E-state index in [1.165, 1.54) is 17.1 Å². The minimum atomic E-state index is -0.314. The molecule has 0 fully saturated rings. The van der Waals surface area contributed by atoms with Crippen LogP contribution in [0, 0.1) is 6.92 Å². The van der Waals surface area contributed by atoms with Gasteiger partial charge >= 0.3 is 0 Å². The quantitative estimate of drug-likeness (QED) is 0.608. The van der Waals surface area contributed by atoms with Gasteiger partial charge in [0.15, 0.2) is 0 Å². The van der Waals surface area contributed by atoms with E-state index < -0.39 is 0 Å². The van der Waals surface area contributed by atoms with E-state index in [0.29, 0.717) is 35.7 Å². The number of carbonyl (C=O) groups is 2. The first-order chi connectivity index (χ1) is 15.9. The molecule has 0 radical (unpaired) electrons. The Bertz CT molecular complexity index is 1220. The van der Waals surface area contributed by atoms with E-state index in [4.69, 9.17) is 0 Å². The fourth-order valence-electron chi connectivity index (χ4n) is 4.04. The van der Waals surface area contributed by atoms with Crippen molar-refractivity contribution in [3.8, 4) is 0 Å². The lowest BCUT2D eigenvalue weighted by Gasteiger charge is -2.28. The Morgan fingerprint density at radius 1 is 1.00 bits per heavy atom. The van der Waals surface area contributed by atoms with Crippen LogP contribution in [0.25, 0.3) is 0 Å². The van der Waals surface area contributed by atoms with Crippen LogP contribution in [0.4, 0.5) is 11.4 Å². The summed E-state index contributed by atoms with van der Waals surface area (Å²) >= 11 is 0. The van der Waals surface area contributed by atoms with Crippen molar-refractivity contribution in [2.24, 2.45) is 0 Å². The Balaban J connectivity index is 1.46. The maximum atomic E-state index is 13.2. The van der Waals surface area contributed by atoms with Crippen LogP contribution in [0.2, 0.25) is 0 Å². The third-order valence-corrected chi connectivity index (χ3v) is 5.63. The highest BCUT2D eigenvalue weighted by atomic mass is 16.2. The van der Waals surface area contributed by atoms with Crippen LogP contribution in [0.15, 0.2) is 59.4 Å². The molecule has 0 bridgehead atoms. The van der Waals surface area contributed by atoms with Crippen LogP contribution in [0.1, 0.15) is 29.6 Å². The minimum Gasteiger partial charge on any atom is -0.326 e. The van der Waals surface area contributed by atoms with Gasteiger partial charge in [-0.1, -0.05) is 30.3 Å². The molecule has 8 heteroatoms. The molecule has 4 rings (SSSR count). The average Bonchev–Trinajstić information content (AvgIpc) is 2.79. The number of nitrogens with one attached hydrogen (secondary N) is 2. The van der Waals surface area contributed by atoms with Gasteiger partial charge in [0.1, 0.15) is 12.4 Å². The molecule has 33 heavy (non-hydrogen) atoms. The predicted molar refractivity (Wildman–Crippen MR) is 127 cm³/mol. The number of carbonyl (C=O) groups excluding carboxylic acids is 2. The van der Waals surface area contributed by atoms with Crippen molar-refractivity contribution < 1.29 is 9.59 Å². The van der Waals surface area contributed by atoms with Gasteiger partial charge < -0.3 is 10.6 Å². The van der Waals surface area contributed by atoms with Gasteiger partial charge in [0, 0.05) is 44.4 Å². The monoisotopic (exact) mass is 445 g/mol. The lowest BCUT2D eigenvalue weighted by Crippen LogP contribution is -2.39. The third-order valence-electron chi connectivity index (χ3n) is 5.63. The highest BCUT2D eigenvalue weighted by Crippen LogP contribution is 2.17. The van der Waals surface area contributed by atoms with Crippen molar-refractivity contribution in [1.29, 1.82) is 0 Å². The number of anilines is 2. The van der Waals surface area contributed by atoms with E-state index in [2.05, 4.69) is 32.7 Å². The molecular weight excluding hydrogens is 418 g/mol. The molecule has 0 aliphatic carbocycles. The molecule has 1 aliphatic heterocycles. The molecule has 0 spiro atoms. The Labute approximate surface area is 192 Å². The summed E-state index contributed by atoms with van der Waals surface area (Å²) in [5, 5.41) is 5.48. The molecule has 1 aromatic heterocycles. The molecule has 2 heterocycles. The van der Waals surface area contributed by atoms with Gasteiger partial charge in [-0.25, -0.2) is 4.98 Å². The number of nitrogens with zero attached hydrogens (tertiary/aromatic N) is 3. The maximum Gasteiger partial charge on any atom is 0.258 e. The molecule has 8 nitrogen and oxygen atoms in total. The van der Waals surface area contributed by atoms with Crippen LogP contribution in [0.5, 0.6) is 0 Å². The van der Waals surface area contributed by atoms with Crippen molar-refractivity contribution in [2.75, 3.05) is 17.2 Å². The zero-order valence-corrected chi connectivity index (χ0v) is 18.8. The molecule has 3 aromatic rings. The zero-order valence-electron chi connectivity index (χ0n) is 18.8. The molecule has 2 aromatic carbocycles. The number of aromatic nitrogens is 2. The molecule has 0 saturated carbocycles. The fraction of sp³-hybridized carbons (Fsp3) is 0.280. The molecule has 2 N–H and O–H groups in total. The summed E-state index contributed by atoms with van der Waals surface area (Å²) in [7, 11) is 0. The number of benzene rings is 2. The minimum absolute atomic E-state index is 0.114. The Kier molecular flexibility index (Phi) is 6.65. The molecular formula is C25H27N5O3. The number of amides is 2. The van der Waals surface area contributed by atoms with Crippen molar-refractivity contribution in [1.82, 2.24) is 14.5 Å². The van der Waals surface area contributed by atoms with Gasteiger partial charge in [0.2, 0.25) is 11.8 Å². The second kappa shape index (κ2) is 9.79. The van der Waals surface area contributed by atoms with E-state index in [9.17, 15) is 14.4 Å². The van der Waals surface area contributed by atoms with Crippen LogP contribution in [0.3, 0.4) is 0 Å². The number of rotatable bonds is 6. The summed E-state index contributed by atoms with van der Waals surface area (Å²) in [6.45, 7) is 5.20. The van der Waals surface area contributed by atoms with Gasteiger partial charge in [-0.15, -0.1) is 0 Å². The van der Waals surface area contributed by atoms with Crippen molar-refractivity contribution in [2.45, 2.75) is 39.9 Å². The van der Waals surface area contributed by atoms with E-state index in [-0.39, 0.29) is 23.9 Å². The summed E-state index contributed by atoms with van der Waals surface area (Å²) in [4.78, 5) is 43.9. The van der Waals surface area contributed by atoms with Crippen molar-refractivity contribution >= 4 is 23.2 Å². The summed E-state index contributed by atoms with van der Waals surface area (Å²) < 4.78 is 1.44. The maximum absolute atomic E-state index is 13.2. The topological polar surface area (TPSA) is 96.3 Å². The van der Waals surface area contributed by atoms with E-state index in [1.54, 1.807) is 31.2 Å². The number of fused-ring (bicyclic) bond motifs is 1. The summed E-state index contributed by atoms with van der Waals surface area (Å²) in [6, 6.07) is 17.0. The van der Waals surface area contributed by atoms with E-state index in [1.807, 2.05) is 18.2 Å². The fourth-order valence-corrected chi connectivity index (χ4v) is 4.04. The number of hydrogen-bond acceptors (Lipinski definition) is 5. The van der Waals surface area contributed by atoms with Gasteiger partial charge in [0.05, 0.1) is 11.3 Å². The van der Waals surface area contributed by atoms with Crippen molar-refractivity contribution in [3.05, 3.63) is 87.6 Å². The standard InChI is InChI=1S/C25H27N5O3/c1-17-26-23-12-13-29(14-19-6-4-3-5-7-19)15-22(23)25(33)30(17)16-24(32)28-21-10-8-20(9-11-21)27-18(2)31/h3-11H,12-16H2,1-2H3,(H,27,31)(H,28,32). The van der Waals surface area contributed by atoms with Gasteiger partial charge in [-0.3, -0.25) is 23.9 Å². The highest BCUT2D eigenvalue weighted by molar-refractivity contribution is 5.92. The molecule has 0 saturated heterocycles. The van der Waals surface area contributed by atoms with Gasteiger partial charge in [0.25, 0.3) is 5.56 Å². The van der Waals surface area contributed by atoms with Crippen molar-refractivity contribution in [3.63, 3.8) is 0 Å². The van der Waals surface area contributed by atoms with Gasteiger partial charge in [-0.2, -0.15) is 0 Å². The average molecular weight is 446 g/mol. The zero-order chi connectivity index (χ0) is 23.4. The first kappa shape index (κ1) is 22.4. The molecule has 0 unspecified atom stereocenters. The molecule has 0 atom stereocenters. The summed E-state index contributed by atoms with van der Waals surface area (Å²) in [5.41, 5.74) is 3.75. The third kappa shape index (κ3) is 5.53. The highest BCUT2D eigenvalue weighted by Gasteiger charge is 2.23. The number of hydrogen-bond donors (Lipinski definition) is 2. The first-order valence-electron chi connectivity index (χ1n) is 10.9.